The highest BCUT2D eigenvalue weighted by molar-refractivity contribution is 9.10. The number of benzene rings is 1. The Balaban J connectivity index is 2.18. The number of hydrogen-bond acceptors (Lipinski definition) is 5. The Hall–Kier alpha value is -0.240. The van der Waals surface area contributed by atoms with Crippen LogP contribution < -0.4 is 4.74 Å². The molecule has 1 aliphatic rings. The van der Waals surface area contributed by atoms with E-state index in [1.54, 1.807) is 25.8 Å². The lowest BCUT2D eigenvalue weighted by Crippen LogP contribution is -2.47. The molecule has 0 radical (unpaired) electrons. The highest BCUT2D eigenvalue weighted by Gasteiger charge is 2.32. The van der Waals surface area contributed by atoms with E-state index in [1.165, 1.54) is 0 Å². The Morgan fingerprint density at radius 3 is 2.86 bits per heavy atom. The van der Waals surface area contributed by atoms with E-state index in [-0.39, 0.29) is 11.1 Å². The van der Waals surface area contributed by atoms with Gasteiger partial charge >= 0.3 is 0 Å². The van der Waals surface area contributed by atoms with Crippen LogP contribution in [0.4, 0.5) is 0 Å². The first-order chi connectivity index (χ1) is 9.97. The summed E-state index contributed by atoms with van der Waals surface area (Å²) >= 11 is 5.19. The monoisotopic (exact) mass is 393 g/mol. The Morgan fingerprint density at radius 2 is 2.24 bits per heavy atom. The fraction of sp³-hybridized carbons (Fsp3) is 0.571. The van der Waals surface area contributed by atoms with Crippen LogP contribution in [0.3, 0.4) is 0 Å². The first-order valence-electron chi connectivity index (χ1n) is 6.83. The zero-order valence-electron chi connectivity index (χ0n) is 12.2. The molecule has 0 aromatic heterocycles. The third-order valence-electron chi connectivity index (χ3n) is 3.61. The second-order valence-electron chi connectivity index (χ2n) is 4.92. The fourth-order valence-corrected chi connectivity index (χ4v) is 6.03. The average Bonchev–Trinajstić information content (AvgIpc) is 2.48. The highest BCUT2D eigenvalue weighted by Crippen LogP contribution is 2.28. The molecule has 2 rings (SSSR count). The van der Waals surface area contributed by atoms with E-state index in [9.17, 15) is 8.42 Å². The predicted octanol–water partition coefficient (Wildman–Crippen LogP) is 2.77. The molecule has 0 saturated carbocycles. The molecule has 1 heterocycles. The second-order valence-corrected chi connectivity index (χ2v) is 9.37. The molecule has 0 amide bonds. The maximum atomic E-state index is 12.2. The summed E-state index contributed by atoms with van der Waals surface area (Å²) in [5, 5.41) is -0.373. The Kier molecular flexibility index (Phi) is 5.99. The molecule has 0 aliphatic carbocycles. The van der Waals surface area contributed by atoms with Gasteiger partial charge < -0.3 is 4.74 Å². The quantitative estimate of drug-likeness (QED) is 0.769. The van der Waals surface area contributed by atoms with Gasteiger partial charge in [-0.2, -0.15) is 11.8 Å². The number of halogens is 1. The molecule has 1 atom stereocenters. The van der Waals surface area contributed by atoms with Gasteiger partial charge in [-0.25, -0.2) is 8.42 Å². The van der Waals surface area contributed by atoms with Gasteiger partial charge in [0.1, 0.15) is 11.1 Å². The third kappa shape index (κ3) is 4.15. The van der Waals surface area contributed by atoms with E-state index in [4.69, 9.17) is 4.74 Å². The summed E-state index contributed by atoms with van der Waals surface area (Å²) < 4.78 is 30.6. The van der Waals surface area contributed by atoms with Gasteiger partial charge in [-0.3, -0.25) is 4.90 Å². The molecule has 0 N–H and O–H groups in total. The summed E-state index contributed by atoms with van der Waals surface area (Å²) in [6, 6.07) is 5.89. The van der Waals surface area contributed by atoms with Gasteiger partial charge in [0.2, 0.25) is 0 Å². The van der Waals surface area contributed by atoms with E-state index < -0.39 is 9.84 Å². The average molecular weight is 394 g/mol. The second kappa shape index (κ2) is 7.35. The summed E-state index contributed by atoms with van der Waals surface area (Å²) in [4.78, 5) is 2.07. The maximum Gasteiger partial charge on any atom is 0.166 e. The molecule has 0 bridgehead atoms. The minimum atomic E-state index is -3.04. The summed E-state index contributed by atoms with van der Waals surface area (Å²) in [6.07, 6.45) is 0. The number of nitrogens with zero attached hydrogens (tertiary/aromatic N) is 1. The van der Waals surface area contributed by atoms with Crippen molar-refractivity contribution in [2.24, 2.45) is 0 Å². The van der Waals surface area contributed by atoms with Crippen molar-refractivity contribution in [2.75, 3.05) is 30.9 Å². The minimum absolute atomic E-state index is 0.195. The first-order valence-corrected chi connectivity index (χ1v) is 10.5. The lowest BCUT2D eigenvalue weighted by molar-refractivity contribution is 0.261. The number of rotatable bonds is 5. The van der Waals surface area contributed by atoms with E-state index in [1.807, 2.05) is 18.2 Å². The zero-order valence-corrected chi connectivity index (χ0v) is 15.4. The van der Waals surface area contributed by atoms with Crippen LogP contribution in [0.25, 0.3) is 0 Å². The molecule has 1 aromatic carbocycles. The van der Waals surface area contributed by atoms with Crippen molar-refractivity contribution in [3.8, 4) is 5.75 Å². The Bertz CT molecular complexity index is 592. The smallest absolute Gasteiger partial charge is 0.166 e. The zero-order chi connectivity index (χ0) is 15.5. The molecule has 1 aliphatic heterocycles. The summed E-state index contributed by atoms with van der Waals surface area (Å²) in [6.45, 7) is 3.17. The van der Waals surface area contributed by atoms with Gasteiger partial charge in [-0.05, 0) is 33.6 Å². The Morgan fingerprint density at radius 1 is 1.48 bits per heavy atom. The molecule has 4 nitrogen and oxygen atoms in total. The topological polar surface area (TPSA) is 46.6 Å². The molecule has 1 aromatic rings. The number of hydrogen-bond donors (Lipinski definition) is 0. The number of ether oxygens (including phenoxy) is 1. The van der Waals surface area contributed by atoms with Gasteiger partial charge in [0.15, 0.2) is 9.84 Å². The van der Waals surface area contributed by atoms with Crippen molar-refractivity contribution >= 4 is 37.5 Å². The van der Waals surface area contributed by atoms with Crippen LogP contribution in [-0.4, -0.2) is 49.6 Å². The Labute approximate surface area is 139 Å². The molecule has 1 saturated heterocycles. The molecular formula is C14H20BrNO3S2. The molecular weight excluding hydrogens is 374 g/mol. The number of sulfone groups is 1. The van der Waals surface area contributed by atoms with Gasteiger partial charge in [-0.15, -0.1) is 0 Å². The lowest BCUT2D eigenvalue weighted by atomic mass is 10.2. The maximum absolute atomic E-state index is 12.2. The largest absolute Gasteiger partial charge is 0.496 e. The molecule has 1 fully saturated rings. The molecule has 118 valence electrons. The SMILES string of the molecule is CCS(=O)(=O)C1CSCCN1Cc1ccc(OC)c(Br)c1. The minimum Gasteiger partial charge on any atom is -0.496 e. The normalized spacial score (nSPS) is 20.4. The van der Waals surface area contributed by atoms with E-state index in [0.29, 0.717) is 12.3 Å². The van der Waals surface area contributed by atoms with E-state index in [2.05, 4.69) is 20.8 Å². The van der Waals surface area contributed by atoms with Crippen LogP contribution in [-0.2, 0) is 16.4 Å². The van der Waals surface area contributed by atoms with Crippen LogP contribution in [0.15, 0.2) is 22.7 Å². The summed E-state index contributed by atoms with van der Waals surface area (Å²) in [5.74, 6) is 2.62. The standard InChI is InChI=1S/C14H20BrNO3S2/c1-3-21(17,18)14-10-20-7-6-16(14)9-11-4-5-13(19-2)12(15)8-11/h4-5,8,14H,3,6-7,9-10H2,1-2H3. The van der Waals surface area contributed by atoms with Gasteiger partial charge in [-0.1, -0.05) is 13.0 Å². The van der Waals surface area contributed by atoms with Crippen molar-refractivity contribution in [1.82, 2.24) is 4.90 Å². The van der Waals surface area contributed by atoms with Crippen LogP contribution in [0, 0.1) is 0 Å². The van der Waals surface area contributed by atoms with Crippen LogP contribution in [0.5, 0.6) is 5.75 Å². The number of methoxy groups -OCH3 is 1. The predicted molar refractivity (Wildman–Crippen MR) is 91.7 cm³/mol. The van der Waals surface area contributed by atoms with E-state index in [0.717, 1.165) is 28.1 Å². The van der Waals surface area contributed by atoms with Crippen molar-refractivity contribution in [1.29, 1.82) is 0 Å². The summed E-state index contributed by atoms with van der Waals surface area (Å²) in [7, 11) is -1.41. The van der Waals surface area contributed by atoms with Crippen LogP contribution in [0.2, 0.25) is 0 Å². The lowest BCUT2D eigenvalue weighted by Gasteiger charge is -2.34. The first kappa shape index (κ1) is 17.1. The molecule has 21 heavy (non-hydrogen) atoms. The summed E-state index contributed by atoms with van der Waals surface area (Å²) in [5.41, 5.74) is 1.09. The molecule has 1 unspecified atom stereocenters. The van der Waals surface area contributed by atoms with Gasteiger partial charge in [0.05, 0.1) is 11.6 Å². The van der Waals surface area contributed by atoms with Gasteiger partial charge in [0, 0.05) is 30.3 Å². The van der Waals surface area contributed by atoms with Crippen molar-refractivity contribution in [3.63, 3.8) is 0 Å². The van der Waals surface area contributed by atoms with E-state index >= 15 is 0 Å². The van der Waals surface area contributed by atoms with Crippen molar-refractivity contribution in [3.05, 3.63) is 28.2 Å². The molecule has 0 spiro atoms. The van der Waals surface area contributed by atoms with Crippen LogP contribution in [0.1, 0.15) is 12.5 Å². The van der Waals surface area contributed by atoms with Crippen molar-refractivity contribution in [2.45, 2.75) is 18.8 Å². The third-order valence-corrected chi connectivity index (χ3v) is 7.56. The molecule has 7 heteroatoms. The van der Waals surface area contributed by atoms with Gasteiger partial charge in [0.25, 0.3) is 0 Å². The number of thioether (sulfide) groups is 1. The fourth-order valence-electron chi connectivity index (χ4n) is 2.36. The van der Waals surface area contributed by atoms with Crippen molar-refractivity contribution < 1.29 is 13.2 Å². The highest BCUT2D eigenvalue weighted by atomic mass is 79.9. The van der Waals surface area contributed by atoms with Crippen LogP contribution >= 0.6 is 27.7 Å².